The quantitative estimate of drug-likeness (QED) is 0.905. The molecule has 0 radical (unpaired) electrons. The Labute approximate surface area is 123 Å². The summed E-state index contributed by atoms with van der Waals surface area (Å²) in [5.41, 5.74) is 0.332. The third kappa shape index (κ3) is 2.79. The average molecular weight is 295 g/mol. The summed E-state index contributed by atoms with van der Waals surface area (Å²) in [6.45, 7) is 0. The lowest BCUT2D eigenvalue weighted by atomic mass is 9.82. The Morgan fingerprint density at radius 2 is 2.00 bits per heavy atom. The van der Waals surface area contributed by atoms with Gasteiger partial charge in [0.2, 0.25) is 0 Å². The Bertz CT molecular complexity index is 478. The van der Waals surface area contributed by atoms with Gasteiger partial charge in [0.1, 0.15) is 10.8 Å². The van der Waals surface area contributed by atoms with E-state index in [2.05, 4.69) is 27.2 Å². The molecule has 2 unspecified atom stereocenters. The number of piperidine rings is 2. The SMILES string of the molecule is CN1C2CCCC1CC(NC(=O)c1cnc(Cl)cn1)C2. The summed E-state index contributed by atoms with van der Waals surface area (Å²) < 4.78 is 0. The van der Waals surface area contributed by atoms with Crippen LogP contribution in [0, 0.1) is 0 Å². The highest BCUT2D eigenvalue weighted by Crippen LogP contribution is 2.32. The molecule has 3 rings (SSSR count). The van der Waals surface area contributed by atoms with Gasteiger partial charge in [0.25, 0.3) is 5.91 Å². The molecule has 2 aliphatic heterocycles. The molecule has 2 bridgehead atoms. The molecule has 0 aliphatic carbocycles. The smallest absolute Gasteiger partial charge is 0.271 e. The number of hydrogen-bond acceptors (Lipinski definition) is 4. The maximum Gasteiger partial charge on any atom is 0.271 e. The van der Waals surface area contributed by atoms with Crippen molar-refractivity contribution in [1.82, 2.24) is 20.2 Å². The zero-order valence-electron chi connectivity index (χ0n) is 11.6. The molecule has 5 nitrogen and oxygen atoms in total. The zero-order chi connectivity index (χ0) is 14.1. The van der Waals surface area contributed by atoms with E-state index in [1.165, 1.54) is 31.7 Å². The van der Waals surface area contributed by atoms with E-state index in [4.69, 9.17) is 11.6 Å². The van der Waals surface area contributed by atoms with E-state index in [1.54, 1.807) is 0 Å². The predicted molar refractivity (Wildman–Crippen MR) is 76.7 cm³/mol. The van der Waals surface area contributed by atoms with Crippen molar-refractivity contribution in [3.05, 3.63) is 23.2 Å². The van der Waals surface area contributed by atoms with Crippen LogP contribution in [0.1, 0.15) is 42.6 Å². The number of halogens is 1. The second kappa shape index (κ2) is 5.66. The van der Waals surface area contributed by atoms with Gasteiger partial charge in [0, 0.05) is 18.1 Å². The molecule has 6 heteroatoms. The number of carbonyl (C=O) groups is 1. The Balaban J connectivity index is 1.63. The van der Waals surface area contributed by atoms with Crippen molar-refractivity contribution in [3.63, 3.8) is 0 Å². The van der Waals surface area contributed by atoms with Gasteiger partial charge in [-0.1, -0.05) is 18.0 Å². The molecular formula is C14H19ClN4O. The van der Waals surface area contributed by atoms with Crippen LogP contribution >= 0.6 is 11.6 Å². The van der Waals surface area contributed by atoms with Crippen molar-refractivity contribution in [2.75, 3.05) is 7.05 Å². The number of amides is 1. The fourth-order valence-electron chi connectivity index (χ4n) is 3.42. The molecule has 20 heavy (non-hydrogen) atoms. The van der Waals surface area contributed by atoms with Gasteiger partial charge in [-0.15, -0.1) is 0 Å². The van der Waals surface area contributed by atoms with Gasteiger partial charge in [0.05, 0.1) is 12.4 Å². The predicted octanol–water partition coefficient (Wildman–Crippen LogP) is 1.88. The molecule has 2 saturated heterocycles. The maximum absolute atomic E-state index is 12.2. The molecule has 0 saturated carbocycles. The number of hydrogen-bond donors (Lipinski definition) is 1. The van der Waals surface area contributed by atoms with Crippen LogP contribution in [0.25, 0.3) is 0 Å². The van der Waals surface area contributed by atoms with Crippen LogP contribution in [0.5, 0.6) is 0 Å². The Morgan fingerprint density at radius 3 is 2.60 bits per heavy atom. The van der Waals surface area contributed by atoms with E-state index in [1.807, 2.05) is 0 Å². The van der Waals surface area contributed by atoms with Gasteiger partial charge in [0.15, 0.2) is 0 Å². The van der Waals surface area contributed by atoms with E-state index in [-0.39, 0.29) is 11.9 Å². The molecular weight excluding hydrogens is 276 g/mol. The number of nitrogens with one attached hydrogen (secondary N) is 1. The first-order chi connectivity index (χ1) is 9.63. The van der Waals surface area contributed by atoms with Crippen molar-refractivity contribution < 1.29 is 4.79 Å². The molecule has 1 aromatic rings. The minimum absolute atomic E-state index is 0.151. The maximum atomic E-state index is 12.2. The van der Waals surface area contributed by atoms with Crippen LogP contribution in [0.15, 0.2) is 12.4 Å². The number of fused-ring (bicyclic) bond motifs is 2. The van der Waals surface area contributed by atoms with E-state index in [0.29, 0.717) is 22.9 Å². The topological polar surface area (TPSA) is 58.1 Å². The van der Waals surface area contributed by atoms with Gasteiger partial charge in [-0.3, -0.25) is 4.79 Å². The fourth-order valence-corrected chi connectivity index (χ4v) is 3.52. The number of carbonyl (C=O) groups excluding carboxylic acids is 1. The Morgan fingerprint density at radius 1 is 1.30 bits per heavy atom. The minimum atomic E-state index is -0.151. The largest absolute Gasteiger partial charge is 0.348 e. The zero-order valence-corrected chi connectivity index (χ0v) is 12.3. The van der Waals surface area contributed by atoms with Crippen LogP contribution < -0.4 is 5.32 Å². The Hall–Kier alpha value is -1.20. The number of nitrogens with zero attached hydrogens (tertiary/aromatic N) is 3. The molecule has 2 fully saturated rings. The van der Waals surface area contributed by atoms with Crippen molar-refractivity contribution in [2.24, 2.45) is 0 Å². The molecule has 0 spiro atoms. The molecule has 2 aliphatic rings. The van der Waals surface area contributed by atoms with E-state index in [9.17, 15) is 4.79 Å². The molecule has 3 heterocycles. The summed E-state index contributed by atoms with van der Waals surface area (Å²) in [4.78, 5) is 22.5. The molecule has 0 aromatic carbocycles. The van der Waals surface area contributed by atoms with Crippen molar-refractivity contribution >= 4 is 17.5 Å². The van der Waals surface area contributed by atoms with Crippen LogP contribution in [0.2, 0.25) is 5.15 Å². The Kier molecular flexibility index (Phi) is 3.89. The highest BCUT2D eigenvalue weighted by atomic mass is 35.5. The van der Waals surface area contributed by atoms with Crippen molar-refractivity contribution in [1.29, 1.82) is 0 Å². The normalized spacial score (nSPS) is 30.0. The van der Waals surface area contributed by atoms with E-state index in [0.717, 1.165) is 12.8 Å². The number of aromatic nitrogens is 2. The standard InChI is InChI=1S/C14H19ClN4O/c1-19-10-3-2-4-11(19)6-9(5-10)18-14(20)12-7-17-13(15)8-16-12/h7-11H,2-6H2,1H3,(H,18,20). The van der Waals surface area contributed by atoms with Gasteiger partial charge >= 0.3 is 0 Å². The number of rotatable bonds is 2. The lowest BCUT2D eigenvalue weighted by Crippen LogP contribution is -2.55. The van der Waals surface area contributed by atoms with Crippen LogP contribution in [-0.4, -0.2) is 45.9 Å². The summed E-state index contributed by atoms with van der Waals surface area (Å²) in [5.74, 6) is -0.151. The van der Waals surface area contributed by atoms with Gasteiger partial charge < -0.3 is 10.2 Å². The highest BCUT2D eigenvalue weighted by molar-refractivity contribution is 6.29. The first-order valence-electron chi connectivity index (χ1n) is 7.14. The lowest BCUT2D eigenvalue weighted by molar-refractivity contribution is 0.0462. The minimum Gasteiger partial charge on any atom is -0.348 e. The first-order valence-corrected chi connectivity index (χ1v) is 7.51. The summed E-state index contributed by atoms with van der Waals surface area (Å²) in [6, 6.07) is 1.44. The molecule has 108 valence electrons. The van der Waals surface area contributed by atoms with Crippen molar-refractivity contribution in [2.45, 2.75) is 50.2 Å². The lowest BCUT2D eigenvalue weighted by Gasteiger charge is -2.47. The molecule has 1 amide bonds. The molecule has 1 N–H and O–H groups in total. The monoisotopic (exact) mass is 294 g/mol. The van der Waals surface area contributed by atoms with Gasteiger partial charge in [-0.05, 0) is 32.7 Å². The van der Waals surface area contributed by atoms with Crippen LogP contribution in [0.3, 0.4) is 0 Å². The summed E-state index contributed by atoms with van der Waals surface area (Å²) in [6.07, 6.45) is 8.66. The van der Waals surface area contributed by atoms with Gasteiger partial charge in [-0.2, -0.15) is 0 Å². The first kappa shape index (κ1) is 13.8. The summed E-state index contributed by atoms with van der Waals surface area (Å²) in [5, 5.41) is 3.39. The van der Waals surface area contributed by atoms with E-state index < -0.39 is 0 Å². The molecule has 1 aromatic heterocycles. The highest BCUT2D eigenvalue weighted by Gasteiger charge is 2.36. The van der Waals surface area contributed by atoms with Crippen LogP contribution in [0.4, 0.5) is 0 Å². The van der Waals surface area contributed by atoms with Gasteiger partial charge in [-0.25, -0.2) is 9.97 Å². The average Bonchev–Trinajstić information content (AvgIpc) is 2.40. The summed E-state index contributed by atoms with van der Waals surface area (Å²) in [7, 11) is 2.21. The third-order valence-electron chi connectivity index (χ3n) is 4.53. The second-order valence-corrected chi connectivity index (χ2v) is 6.16. The molecule has 2 atom stereocenters. The fraction of sp³-hybridized carbons (Fsp3) is 0.643. The second-order valence-electron chi connectivity index (χ2n) is 5.77. The summed E-state index contributed by atoms with van der Waals surface area (Å²) >= 11 is 5.68. The van der Waals surface area contributed by atoms with Crippen molar-refractivity contribution in [3.8, 4) is 0 Å². The van der Waals surface area contributed by atoms with E-state index >= 15 is 0 Å². The van der Waals surface area contributed by atoms with Crippen LogP contribution in [-0.2, 0) is 0 Å². The third-order valence-corrected chi connectivity index (χ3v) is 4.72.